The van der Waals surface area contributed by atoms with Gasteiger partial charge >= 0.3 is 0 Å². The Balaban J connectivity index is 1.75. The molecule has 1 aliphatic rings. The molecule has 0 spiro atoms. The molecule has 0 amide bonds. The van der Waals surface area contributed by atoms with Gasteiger partial charge in [0.15, 0.2) is 12.2 Å². The minimum Gasteiger partial charge on any atom is -0.482 e. The average molecular weight is 394 g/mol. The van der Waals surface area contributed by atoms with E-state index in [2.05, 4.69) is 0 Å². The van der Waals surface area contributed by atoms with Gasteiger partial charge in [-0.25, -0.2) is 0 Å². The summed E-state index contributed by atoms with van der Waals surface area (Å²) in [5.74, 6) is -0.0136. The number of hydrogen-bond donors (Lipinski definition) is 0. The fourth-order valence-electron chi connectivity index (χ4n) is 3.14. The molecule has 0 bridgehead atoms. The van der Waals surface area contributed by atoms with Crippen molar-refractivity contribution in [1.29, 1.82) is 0 Å². The number of hydrogen-bond acceptors (Lipinski definition) is 5. The lowest BCUT2D eigenvalue weighted by atomic mass is 9.94. The Hall–Kier alpha value is -2.96. The van der Waals surface area contributed by atoms with Crippen molar-refractivity contribution in [3.05, 3.63) is 95.6 Å². The number of para-hydroxylation sites is 1. The minimum atomic E-state index is -4.15. The Morgan fingerprint density at radius 1 is 0.857 bits per heavy atom. The standard InChI is InChI=1S/C22H18O5S/c1-15-11-13-17(14-12-15)28(24,25)27-22-20(23)18-9-5-6-10-19(18)26-21(22)16-7-3-2-4-8-16/h2-14,21-22H,1H3. The molecule has 5 nitrogen and oxygen atoms in total. The largest absolute Gasteiger partial charge is 0.482 e. The van der Waals surface area contributed by atoms with Crippen molar-refractivity contribution in [1.82, 2.24) is 0 Å². The lowest BCUT2D eigenvalue weighted by Crippen LogP contribution is -2.39. The van der Waals surface area contributed by atoms with E-state index in [-0.39, 0.29) is 4.90 Å². The summed E-state index contributed by atoms with van der Waals surface area (Å²) in [7, 11) is -4.15. The van der Waals surface area contributed by atoms with E-state index in [4.69, 9.17) is 8.92 Å². The van der Waals surface area contributed by atoms with Crippen LogP contribution in [0.2, 0.25) is 0 Å². The van der Waals surface area contributed by atoms with Crippen LogP contribution in [0, 0.1) is 6.92 Å². The predicted octanol–water partition coefficient (Wildman–Crippen LogP) is 4.09. The van der Waals surface area contributed by atoms with Gasteiger partial charge in [-0.3, -0.25) is 8.98 Å². The molecular weight excluding hydrogens is 376 g/mol. The molecule has 4 rings (SSSR count). The molecule has 0 radical (unpaired) electrons. The number of carbonyl (C=O) groups is 1. The van der Waals surface area contributed by atoms with Crippen LogP contribution in [0.25, 0.3) is 0 Å². The van der Waals surface area contributed by atoms with Gasteiger partial charge in [-0.05, 0) is 36.8 Å². The van der Waals surface area contributed by atoms with Crippen molar-refractivity contribution in [3.8, 4) is 5.75 Å². The normalized spacial score (nSPS) is 19.0. The molecule has 0 saturated heterocycles. The summed E-state index contributed by atoms with van der Waals surface area (Å²) in [4.78, 5) is 13.1. The molecule has 142 valence electrons. The van der Waals surface area contributed by atoms with Crippen LogP contribution in [0.1, 0.15) is 27.6 Å². The zero-order valence-corrected chi connectivity index (χ0v) is 15.9. The second-order valence-electron chi connectivity index (χ2n) is 6.59. The van der Waals surface area contributed by atoms with Crippen molar-refractivity contribution in [3.63, 3.8) is 0 Å². The van der Waals surface area contributed by atoms with E-state index < -0.39 is 28.1 Å². The molecule has 0 N–H and O–H groups in total. The number of ether oxygens (including phenoxy) is 1. The third kappa shape index (κ3) is 3.44. The zero-order valence-electron chi connectivity index (χ0n) is 15.1. The Kier molecular flexibility index (Phi) is 4.75. The lowest BCUT2D eigenvalue weighted by molar-refractivity contribution is 0.0343. The van der Waals surface area contributed by atoms with Gasteiger partial charge < -0.3 is 4.74 Å². The van der Waals surface area contributed by atoms with Crippen LogP contribution in [-0.2, 0) is 14.3 Å². The first-order valence-electron chi connectivity index (χ1n) is 8.80. The van der Waals surface area contributed by atoms with Crippen molar-refractivity contribution >= 4 is 15.9 Å². The highest BCUT2D eigenvalue weighted by molar-refractivity contribution is 7.86. The second kappa shape index (κ2) is 7.22. The van der Waals surface area contributed by atoms with Gasteiger partial charge in [-0.2, -0.15) is 8.42 Å². The van der Waals surface area contributed by atoms with Gasteiger partial charge in [0, 0.05) is 0 Å². The van der Waals surface area contributed by atoms with Crippen molar-refractivity contribution in [2.24, 2.45) is 0 Å². The summed E-state index contributed by atoms with van der Waals surface area (Å²) in [5.41, 5.74) is 1.89. The summed E-state index contributed by atoms with van der Waals surface area (Å²) in [6.07, 6.45) is -2.19. The molecule has 0 saturated carbocycles. The summed E-state index contributed by atoms with van der Waals surface area (Å²) >= 11 is 0. The monoisotopic (exact) mass is 394 g/mol. The Morgan fingerprint density at radius 2 is 1.50 bits per heavy atom. The first kappa shape index (κ1) is 18.4. The van der Waals surface area contributed by atoms with Gasteiger partial charge in [0.2, 0.25) is 5.78 Å². The topological polar surface area (TPSA) is 69.7 Å². The second-order valence-corrected chi connectivity index (χ2v) is 8.17. The Morgan fingerprint density at radius 3 is 2.21 bits per heavy atom. The molecule has 1 heterocycles. The van der Waals surface area contributed by atoms with E-state index in [9.17, 15) is 13.2 Å². The summed E-state index contributed by atoms with van der Waals surface area (Å²) < 4.78 is 37.1. The van der Waals surface area contributed by atoms with E-state index in [0.29, 0.717) is 16.9 Å². The maximum Gasteiger partial charge on any atom is 0.297 e. The molecule has 3 aromatic rings. The van der Waals surface area contributed by atoms with E-state index >= 15 is 0 Å². The fourth-order valence-corrected chi connectivity index (χ4v) is 4.18. The van der Waals surface area contributed by atoms with Crippen molar-refractivity contribution < 1.29 is 22.1 Å². The van der Waals surface area contributed by atoms with Gasteiger partial charge in [0.25, 0.3) is 10.1 Å². The number of carbonyl (C=O) groups excluding carboxylic acids is 1. The summed E-state index contributed by atoms with van der Waals surface area (Å²) in [6, 6.07) is 22.0. The number of ketones is 1. The highest BCUT2D eigenvalue weighted by atomic mass is 32.2. The van der Waals surface area contributed by atoms with Crippen LogP contribution in [-0.4, -0.2) is 20.3 Å². The number of aryl methyl sites for hydroxylation is 1. The number of benzene rings is 3. The van der Waals surface area contributed by atoms with E-state index in [1.165, 1.54) is 12.1 Å². The highest BCUT2D eigenvalue weighted by Crippen LogP contribution is 2.37. The van der Waals surface area contributed by atoms with Gasteiger partial charge in [-0.1, -0.05) is 60.2 Å². The molecule has 0 aromatic heterocycles. The predicted molar refractivity (Wildman–Crippen MR) is 104 cm³/mol. The quantitative estimate of drug-likeness (QED) is 0.624. The van der Waals surface area contributed by atoms with Gasteiger partial charge in [0.1, 0.15) is 5.75 Å². The summed E-state index contributed by atoms with van der Waals surface area (Å²) in [5, 5.41) is 0. The highest BCUT2D eigenvalue weighted by Gasteiger charge is 2.42. The molecule has 28 heavy (non-hydrogen) atoms. The van der Waals surface area contributed by atoms with Crippen LogP contribution in [0.5, 0.6) is 5.75 Å². The molecule has 0 fully saturated rings. The zero-order chi connectivity index (χ0) is 19.7. The lowest BCUT2D eigenvalue weighted by Gasteiger charge is -2.32. The minimum absolute atomic E-state index is 0.00318. The van der Waals surface area contributed by atoms with Crippen LogP contribution in [0.4, 0.5) is 0 Å². The maximum absolute atomic E-state index is 13.1. The SMILES string of the molecule is Cc1ccc(S(=O)(=O)OC2C(=O)c3ccccc3OC2c2ccccc2)cc1. The molecule has 3 aromatic carbocycles. The Labute approximate surface area is 163 Å². The number of rotatable bonds is 4. The fraction of sp³-hybridized carbons (Fsp3) is 0.136. The third-order valence-corrected chi connectivity index (χ3v) is 5.92. The molecule has 1 aliphatic heterocycles. The van der Waals surface area contributed by atoms with E-state index in [1.54, 1.807) is 60.7 Å². The van der Waals surface area contributed by atoms with Crippen molar-refractivity contribution in [2.45, 2.75) is 24.0 Å². The van der Waals surface area contributed by atoms with Crippen molar-refractivity contribution in [2.75, 3.05) is 0 Å². The summed E-state index contributed by atoms with van der Waals surface area (Å²) in [6.45, 7) is 1.86. The number of fused-ring (bicyclic) bond motifs is 1. The molecule has 6 heteroatoms. The van der Waals surface area contributed by atoms with Crippen LogP contribution < -0.4 is 4.74 Å². The third-order valence-electron chi connectivity index (χ3n) is 4.61. The Bertz CT molecular complexity index is 1110. The van der Waals surface area contributed by atoms with Gasteiger partial charge in [0.05, 0.1) is 10.5 Å². The molecule has 2 unspecified atom stereocenters. The van der Waals surface area contributed by atoms with E-state index in [0.717, 1.165) is 5.56 Å². The number of Topliss-reactive ketones (excluding diaryl/α,β-unsaturated/α-hetero) is 1. The van der Waals surface area contributed by atoms with Crippen LogP contribution in [0.3, 0.4) is 0 Å². The van der Waals surface area contributed by atoms with Crippen LogP contribution >= 0.6 is 0 Å². The first-order valence-corrected chi connectivity index (χ1v) is 10.2. The smallest absolute Gasteiger partial charge is 0.297 e. The molecular formula is C22H18O5S. The molecule has 0 aliphatic carbocycles. The average Bonchev–Trinajstić information content (AvgIpc) is 2.71. The maximum atomic E-state index is 13.1. The van der Waals surface area contributed by atoms with Gasteiger partial charge in [-0.15, -0.1) is 0 Å². The van der Waals surface area contributed by atoms with Crippen LogP contribution in [0.15, 0.2) is 83.8 Å². The molecule has 2 atom stereocenters. The van der Waals surface area contributed by atoms with E-state index in [1.807, 2.05) is 13.0 Å². The first-order chi connectivity index (χ1) is 13.5.